The molecule has 0 heterocycles. The third kappa shape index (κ3) is 4.40. The van der Waals surface area contributed by atoms with Gasteiger partial charge in [-0.2, -0.15) is 0 Å². The summed E-state index contributed by atoms with van der Waals surface area (Å²) in [5.41, 5.74) is 0.939. The fraction of sp³-hybridized carbons (Fsp3) is 0.190. The fourth-order valence-corrected chi connectivity index (χ4v) is 3.60. The normalized spacial score (nSPS) is 10.8. The second-order valence-electron chi connectivity index (χ2n) is 5.86. The van der Waals surface area contributed by atoms with Crippen molar-refractivity contribution in [2.24, 2.45) is 0 Å². The zero-order chi connectivity index (χ0) is 17.6. The first-order valence-corrected chi connectivity index (χ1v) is 9.26. The van der Waals surface area contributed by atoms with Crippen molar-refractivity contribution in [1.82, 2.24) is 0 Å². The number of thioether (sulfide) groups is 1. The van der Waals surface area contributed by atoms with Crippen LogP contribution in [-0.4, -0.2) is 18.7 Å². The Morgan fingerprint density at radius 3 is 2.52 bits per heavy atom. The Kier molecular flexibility index (Phi) is 5.71. The second-order valence-corrected chi connectivity index (χ2v) is 7.03. The molecule has 0 saturated heterocycles. The number of amides is 1. The summed E-state index contributed by atoms with van der Waals surface area (Å²) in [7, 11) is 1.83. The summed E-state index contributed by atoms with van der Waals surface area (Å²) in [5, 5.41) is 2.22. The summed E-state index contributed by atoms with van der Waals surface area (Å²) in [6.07, 6.45) is 1.28. The predicted molar refractivity (Wildman–Crippen MR) is 104 cm³/mol. The van der Waals surface area contributed by atoms with Gasteiger partial charge in [0.05, 0.1) is 5.69 Å². The van der Waals surface area contributed by atoms with E-state index >= 15 is 0 Å². The molecule has 0 N–H and O–H groups in total. The van der Waals surface area contributed by atoms with Crippen LogP contribution in [0.4, 0.5) is 10.1 Å². The van der Waals surface area contributed by atoms with E-state index in [-0.39, 0.29) is 11.7 Å². The van der Waals surface area contributed by atoms with Crippen molar-refractivity contribution in [3.8, 4) is 0 Å². The van der Waals surface area contributed by atoms with E-state index in [0.717, 1.165) is 33.5 Å². The molecular weight excluding hydrogens is 333 g/mol. The van der Waals surface area contributed by atoms with E-state index in [1.54, 1.807) is 28.8 Å². The van der Waals surface area contributed by atoms with Crippen LogP contribution in [0.5, 0.6) is 0 Å². The number of fused-ring (bicyclic) bond motifs is 1. The van der Waals surface area contributed by atoms with Crippen LogP contribution in [-0.2, 0) is 4.79 Å². The van der Waals surface area contributed by atoms with Crippen molar-refractivity contribution >= 4 is 34.1 Å². The average Bonchev–Trinajstić information content (AvgIpc) is 2.65. The van der Waals surface area contributed by atoms with Crippen LogP contribution >= 0.6 is 11.8 Å². The highest BCUT2D eigenvalue weighted by Gasteiger charge is 2.13. The molecule has 1 amide bonds. The highest BCUT2D eigenvalue weighted by Crippen LogP contribution is 2.26. The van der Waals surface area contributed by atoms with Gasteiger partial charge in [-0.15, -0.1) is 11.8 Å². The maximum absolute atomic E-state index is 12.9. The number of anilines is 1. The molecule has 3 aromatic carbocycles. The molecule has 0 spiro atoms. The van der Waals surface area contributed by atoms with Gasteiger partial charge >= 0.3 is 0 Å². The number of nitrogens with zero attached hydrogens (tertiary/aromatic N) is 1. The molecule has 4 heteroatoms. The molecule has 0 saturated carbocycles. The highest BCUT2D eigenvalue weighted by atomic mass is 32.2. The van der Waals surface area contributed by atoms with Crippen LogP contribution in [0.25, 0.3) is 10.8 Å². The van der Waals surface area contributed by atoms with Crippen molar-refractivity contribution in [1.29, 1.82) is 0 Å². The van der Waals surface area contributed by atoms with Gasteiger partial charge in [0.1, 0.15) is 5.82 Å². The van der Waals surface area contributed by atoms with Crippen LogP contribution in [0.3, 0.4) is 0 Å². The molecule has 0 atom stereocenters. The summed E-state index contributed by atoms with van der Waals surface area (Å²) in [4.78, 5) is 15.3. The lowest BCUT2D eigenvalue weighted by Crippen LogP contribution is -2.26. The van der Waals surface area contributed by atoms with E-state index in [4.69, 9.17) is 0 Å². The highest BCUT2D eigenvalue weighted by molar-refractivity contribution is 7.99. The lowest BCUT2D eigenvalue weighted by Gasteiger charge is -2.19. The number of carbonyl (C=O) groups excluding carboxylic acids is 1. The van der Waals surface area contributed by atoms with Crippen molar-refractivity contribution in [3.05, 3.63) is 72.5 Å². The van der Waals surface area contributed by atoms with Gasteiger partial charge in [-0.05, 0) is 47.9 Å². The van der Waals surface area contributed by atoms with Crippen molar-refractivity contribution in [3.63, 3.8) is 0 Å². The summed E-state index contributed by atoms with van der Waals surface area (Å²) < 4.78 is 12.9. The number of rotatable bonds is 6. The molecule has 0 radical (unpaired) electrons. The molecule has 3 aromatic rings. The first-order chi connectivity index (χ1) is 12.1. The van der Waals surface area contributed by atoms with E-state index in [9.17, 15) is 9.18 Å². The van der Waals surface area contributed by atoms with Crippen LogP contribution in [0.15, 0.2) is 71.6 Å². The minimum absolute atomic E-state index is 0.107. The average molecular weight is 353 g/mol. The first kappa shape index (κ1) is 17.5. The molecule has 25 heavy (non-hydrogen) atoms. The van der Waals surface area contributed by atoms with E-state index in [1.165, 1.54) is 12.1 Å². The number of halogens is 1. The minimum Gasteiger partial charge on any atom is -0.315 e. The van der Waals surface area contributed by atoms with Gasteiger partial charge in [0.25, 0.3) is 0 Å². The number of hydrogen-bond acceptors (Lipinski definition) is 2. The Balaban J connectivity index is 1.56. The molecule has 0 unspecified atom stereocenters. The lowest BCUT2D eigenvalue weighted by atomic mass is 10.1. The van der Waals surface area contributed by atoms with Gasteiger partial charge < -0.3 is 4.90 Å². The largest absolute Gasteiger partial charge is 0.315 e. The summed E-state index contributed by atoms with van der Waals surface area (Å²) in [6.45, 7) is 0. The van der Waals surface area contributed by atoms with Crippen LogP contribution < -0.4 is 4.90 Å². The van der Waals surface area contributed by atoms with Gasteiger partial charge in [-0.1, -0.05) is 36.4 Å². The quantitative estimate of drug-likeness (QED) is 0.430. The molecule has 3 rings (SSSR count). The zero-order valence-electron chi connectivity index (χ0n) is 14.1. The predicted octanol–water partition coefficient (Wildman–Crippen LogP) is 5.51. The Morgan fingerprint density at radius 1 is 1.00 bits per heavy atom. The molecule has 128 valence electrons. The zero-order valence-corrected chi connectivity index (χ0v) is 14.9. The smallest absolute Gasteiger partial charge is 0.226 e. The van der Waals surface area contributed by atoms with Crippen molar-refractivity contribution in [2.45, 2.75) is 17.7 Å². The van der Waals surface area contributed by atoms with E-state index < -0.39 is 0 Å². The van der Waals surface area contributed by atoms with Gasteiger partial charge in [-0.3, -0.25) is 4.79 Å². The molecule has 0 aliphatic rings. The lowest BCUT2D eigenvalue weighted by molar-refractivity contribution is -0.118. The van der Waals surface area contributed by atoms with E-state index in [0.29, 0.717) is 6.42 Å². The Labute approximate surface area is 151 Å². The maximum Gasteiger partial charge on any atom is 0.226 e. The third-order valence-corrected chi connectivity index (χ3v) is 5.22. The first-order valence-electron chi connectivity index (χ1n) is 8.28. The van der Waals surface area contributed by atoms with Gasteiger partial charge in [0, 0.05) is 23.8 Å². The van der Waals surface area contributed by atoms with Crippen molar-refractivity contribution < 1.29 is 9.18 Å². The number of carbonyl (C=O) groups is 1. The summed E-state index contributed by atoms with van der Waals surface area (Å²) >= 11 is 1.64. The van der Waals surface area contributed by atoms with Crippen molar-refractivity contribution in [2.75, 3.05) is 17.7 Å². The SMILES string of the molecule is CN(C(=O)CCCSc1ccc(F)cc1)c1cccc2ccccc12. The maximum atomic E-state index is 12.9. The molecule has 0 aliphatic heterocycles. The standard InChI is InChI=1S/C21H20FNOS/c1-23(20-9-4-7-16-6-2-3-8-19(16)20)21(24)10-5-15-25-18-13-11-17(22)12-14-18/h2-4,6-9,11-14H,5,10,15H2,1H3. The molecule has 0 bridgehead atoms. The third-order valence-electron chi connectivity index (χ3n) is 4.12. The fourth-order valence-electron chi connectivity index (χ4n) is 2.75. The topological polar surface area (TPSA) is 20.3 Å². The molecule has 0 aromatic heterocycles. The van der Waals surface area contributed by atoms with Crippen LogP contribution in [0, 0.1) is 5.82 Å². The van der Waals surface area contributed by atoms with Gasteiger partial charge in [0.15, 0.2) is 0 Å². The minimum atomic E-state index is -0.226. The van der Waals surface area contributed by atoms with Crippen LogP contribution in [0.2, 0.25) is 0 Å². The Bertz CT molecular complexity index is 858. The Hall–Kier alpha value is -2.33. The molecule has 0 aliphatic carbocycles. The molecule has 2 nitrogen and oxygen atoms in total. The number of benzene rings is 3. The molecule has 0 fully saturated rings. The number of hydrogen-bond donors (Lipinski definition) is 0. The van der Waals surface area contributed by atoms with E-state index in [2.05, 4.69) is 12.1 Å². The monoisotopic (exact) mass is 353 g/mol. The van der Waals surface area contributed by atoms with Crippen LogP contribution in [0.1, 0.15) is 12.8 Å². The Morgan fingerprint density at radius 2 is 1.72 bits per heavy atom. The van der Waals surface area contributed by atoms with Gasteiger partial charge in [0.2, 0.25) is 5.91 Å². The van der Waals surface area contributed by atoms with Gasteiger partial charge in [-0.25, -0.2) is 4.39 Å². The van der Waals surface area contributed by atoms with E-state index in [1.807, 2.05) is 37.4 Å². The summed E-state index contributed by atoms with van der Waals surface area (Å²) in [6, 6.07) is 20.5. The second kappa shape index (κ2) is 8.17. The molecular formula is C21H20FNOS. The summed E-state index contributed by atoms with van der Waals surface area (Å²) in [5.74, 6) is 0.716.